The second-order valence-electron chi connectivity index (χ2n) is 3.09. The molecule has 0 fully saturated rings. The Morgan fingerprint density at radius 2 is 2.15 bits per heavy atom. The zero-order chi connectivity index (χ0) is 10.3. The van der Waals surface area contributed by atoms with Crippen LogP contribution in [0.15, 0.2) is 0 Å². The molecular weight excluding hydrogens is 170 g/mol. The van der Waals surface area contributed by atoms with Gasteiger partial charge in [-0.2, -0.15) is 0 Å². The molecule has 4 nitrogen and oxygen atoms in total. The molecule has 0 rings (SSSR count). The second kappa shape index (κ2) is 5.94. The normalized spacial score (nSPS) is 15.3. The highest BCUT2D eigenvalue weighted by Crippen LogP contribution is 2.25. The fraction of sp³-hybridized carbons (Fsp3) is 0.889. The molecule has 13 heavy (non-hydrogen) atoms. The number of hydrogen-bond acceptors (Lipinski definition) is 3. The number of ether oxygens (including phenoxy) is 1. The largest absolute Gasteiger partial charge is 0.481 e. The van der Waals surface area contributed by atoms with E-state index in [2.05, 4.69) is 0 Å². The second-order valence-corrected chi connectivity index (χ2v) is 3.09. The van der Waals surface area contributed by atoms with Crippen molar-refractivity contribution in [2.24, 2.45) is 11.1 Å². The SMILES string of the molecule is CCOCCC(CC)(CN)C(=O)O. The van der Waals surface area contributed by atoms with E-state index in [0.717, 1.165) is 0 Å². The minimum atomic E-state index is -0.822. The molecule has 0 aromatic rings. The van der Waals surface area contributed by atoms with E-state index in [9.17, 15) is 4.79 Å². The summed E-state index contributed by atoms with van der Waals surface area (Å²) in [5.74, 6) is -0.822. The topological polar surface area (TPSA) is 72.5 Å². The molecule has 0 aromatic carbocycles. The van der Waals surface area contributed by atoms with E-state index in [1.54, 1.807) is 0 Å². The average Bonchev–Trinajstić information content (AvgIpc) is 2.13. The van der Waals surface area contributed by atoms with Gasteiger partial charge in [-0.25, -0.2) is 0 Å². The van der Waals surface area contributed by atoms with Crippen LogP contribution in [-0.4, -0.2) is 30.8 Å². The summed E-state index contributed by atoms with van der Waals surface area (Å²) in [5.41, 5.74) is 4.67. The van der Waals surface area contributed by atoms with Gasteiger partial charge in [0.25, 0.3) is 0 Å². The van der Waals surface area contributed by atoms with Gasteiger partial charge in [0.15, 0.2) is 0 Å². The van der Waals surface area contributed by atoms with E-state index >= 15 is 0 Å². The predicted molar refractivity (Wildman–Crippen MR) is 50.5 cm³/mol. The third kappa shape index (κ3) is 3.32. The Morgan fingerprint density at radius 1 is 1.54 bits per heavy atom. The van der Waals surface area contributed by atoms with Crippen LogP contribution in [0.25, 0.3) is 0 Å². The Morgan fingerprint density at radius 3 is 2.46 bits per heavy atom. The quantitative estimate of drug-likeness (QED) is 0.582. The lowest BCUT2D eigenvalue weighted by molar-refractivity contribution is -0.149. The average molecular weight is 189 g/mol. The lowest BCUT2D eigenvalue weighted by atomic mass is 9.82. The Balaban J connectivity index is 4.14. The number of carboxylic acids is 1. The van der Waals surface area contributed by atoms with Crippen LogP contribution >= 0.6 is 0 Å². The number of carboxylic acid groups (broad SMARTS) is 1. The minimum absolute atomic E-state index is 0.173. The number of carbonyl (C=O) groups is 1. The summed E-state index contributed by atoms with van der Waals surface area (Å²) in [5, 5.41) is 8.99. The highest BCUT2D eigenvalue weighted by atomic mass is 16.5. The van der Waals surface area contributed by atoms with Crippen LogP contribution in [0, 0.1) is 5.41 Å². The van der Waals surface area contributed by atoms with E-state index in [1.165, 1.54) is 0 Å². The number of aliphatic carboxylic acids is 1. The van der Waals surface area contributed by atoms with Gasteiger partial charge in [-0.05, 0) is 19.8 Å². The third-order valence-electron chi connectivity index (χ3n) is 2.45. The molecule has 1 unspecified atom stereocenters. The summed E-state index contributed by atoms with van der Waals surface area (Å²) in [4.78, 5) is 10.9. The van der Waals surface area contributed by atoms with Crippen LogP contribution in [0.5, 0.6) is 0 Å². The van der Waals surface area contributed by atoms with Gasteiger partial charge < -0.3 is 15.6 Å². The Bertz CT molecular complexity index is 155. The first-order valence-electron chi connectivity index (χ1n) is 4.64. The highest BCUT2D eigenvalue weighted by molar-refractivity contribution is 5.74. The first-order chi connectivity index (χ1) is 6.13. The van der Waals surface area contributed by atoms with Gasteiger partial charge in [-0.15, -0.1) is 0 Å². The molecule has 0 radical (unpaired) electrons. The van der Waals surface area contributed by atoms with Crippen LogP contribution in [0.3, 0.4) is 0 Å². The van der Waals surface area contributed by atoms with Crippen molar-refractivity contribution in [3.05, 3.63) is 0 Å². The summed E-state index contributed by atoms with van der Waals surface area (Å²) in [6.07, 6.45) is 1.04. The van der Waals surface area contributed by atoms with Crippen LogP contribution in [0.1, 0.15) is 26.7 Å². The van der Waals surface area contributed by atoms with Gasteiger partial charge in [-0.3, -0.25) is 4.79 Å². The summed E-state index contributed by atoms with van der Waals surface area (Å²) in [6, 6.07) is 0. The molecule has 0 amide bonds. The molecule has 4 heteroatoms. The van der Waals surface area contributed by atoms with Crippen molar-refractivity contribution in [3.63, 3.8) is 0 Å². The van der Waals surface area contributed by atoms with Crippen molar-refractivity contribution >= 4 is 5.97 Å². The third-order valence-corrected chi connectivity index (χ3v) is 2.45. The van der Waals surface area contributed by atoms with Crippen LogP contribution < -0.4 is 5.73 Å². The van der Waals surface area contributed by atoms with Gasteiger partial charge in [0, 0.05) is 19.8 Å². The highest BCUT2D eigenvalue weighted by Gasteiger charge is 2.34. The molecule has 0 aromatic heterocycles. The Hall–Kier alpha value is -0.610. The monoisotopic (exact) mass is 189 g/mol. The Kier molecular flexibility index (Phi) is 5.66. The molecular formula is C9H19NO3. The van der Waals surface area contributed by atoms with Crippen molar-refractivity contribution < 1.29 is 14.6 Å². The Labute approximate surface area is 79.1 Å². The standard InChI is InChI=1S/C9H19NO3/c1-3-9(7-10,8(11)12)5-6-13-4-2/h3-7,10H2,1-2H3,(H,11,12). The van der Waals surface area contributed by atoms with Gasteiger partial charge in [0.05, 0.1) is 5.41 Å². The molecule has 0 aliphatic carbocycles. The predicted octanol–water partition coefficient (Wildman–Crippen LogP) is 0.853. The minimum Gasteiger partial charge on any atom is -0.481 e. The smallest absolute Gasteiger partial charge is 0.310 e. The summed E-state index contributed by atoms with van der Waals surface area (Å²) in [7, 11) is 0. The molecule has 0 saturated carbocycles. The van der Waals surface area contributed by atoms with E-state index in [0.29, 0.717) is 26.1 Å². The van der Waals surface area contributed by atoms with Crippen molar-refractivity contribution in [2.75, 3.05) is 19.8 Å². The van der Waals surface area contributed by atoms with Crippen molar-refractivity contribution in [2.45, 2.75) is 26.7 Å². The summed E-state index contributed by atoms with van der Waals surface area (Å²) < 4.78 is 5.12. The van der Waals surface area contributed by atoms with Crippen molar-refractivity contribution in [1.82, 2.24) is 0 Å². The van der Waals surface area contributed by atoms with Crippen molar-refractivity contribution in [3.8, 4) is 0 Å². The maximum Gasteiger partial charge on any atom is 0.310 e. The fourth-order valence-electron chi connectivity index (χ4n) is 1.18. The first kappa shape index (κ1) is 12.4. The first-order valence-corrected chi connectivity index (χ1v) is 4.64. The fourth-order valence-corrected chi connectivity index (χ4v) is 1.18. The maximum atomic E-state index is 10.9. The van der Waals surface area contributed by atoms with Gasteiger partial charge in [0.2, 0.25) is 0 Å². The van der Waals surface area contributed by atoms with Gasteiger partial charge in [0.1, 0.15) is 0 Å². The molecule has 0 saturated heterocycles. The van der Waals surface area contributed by atoms with E-state index < -0.39 is 11.4 Å². The number of nitrogens with two attached hydrogens (primary N) is 1. The molecule has 78 valence electrons. The summed E-state index contributed by atoms with van der Waals surface area (Å²) >= 11 is 0. The maximum absolute atomic E-state index is 10.9. The molecule has 3 N–H and O–H groups in total. The number of hydrogen-bond donors (Lipinski definition) is 2. The van der Waals surface area contributed by atoms with E-state index in [4.69, 9.17) is 15.6 Å². The van der Waals surface area contributed by atoms with E-state index in [-0.39, 0.29) is 6.54 Å². The zero-order valence-electron chi connectivity index (χ0n) is 8.38. The molecule has 1 atom stereocenters. The van der Waals surface area contributed by atoms with Crippen LogP contribution in [0.4, 0.5) is 0 Å². The molecule has 0 aliphatic heterocycles. The zero-order valence-corrected chi connectivity index (χ0v) is 8.38. The van der Waals surface area contributed by atoms with Crippen LogP contribution in [-0.2, 0) is 9.53 Å². The molecule has 0 bridgehead atoms. The lowest BCUT2D eigenvalue weighted by Gasteiger charge is -2.25. The van der Waals surface area contributed by atoms with Crippen LogP contribution in [0.2, 0.25) is 0 Å². The lowest BCUT2D eigenvalue weighted by Crippen LogP contribution is -2.39. The van der Waals surface area contributed by atoms with Crippen molar-refractivity contribution in [1.29, 1.82) is 0 Å². The van der Waals surface area contributed by atoms with E-state index in [1.807, 2.05) is 13.8 Å². The van der Waals surface area contributed by atoms with Gasteiger partial charge in [-0.1, -0.05) is 6.92 Å². The van der Waals surface area contributed by atoms with Gasteiger partial charge >= 0.3 is 5.97 Å². The molecule has 0 spiro atoms. The number of rotatable bonds is 7. The molecule has 0 aliphatic rings. The summed E-state index contributed by atoms with van der Waals surface area (Å²) in [6.45, 7) is 4.98. The molecule has 0 heterocycles.